The van der Waals surface area contributed by atoms with Crippen molar-refractivity contribution in [2.24, 2.45) is 10.2 Å². The number of methoxy groups -OCH3 is 1. The fourth-order valence-corrected chi connectivity index (χ4v) is 2.85. The SMILES string of the molecule is CCN(CCOC(C)OC)c1ccc(N=Nc2ccc(S(=O)(=O)F)cc2)cc1. The molecule has 0 heterocycles. The first-order valence-electron chi connectivity index (χ1n) is 8.79. The molecule has 152 valence electrons. The zero-order chi connectivity index (χ0) is 20.6. The molecule has 0 saturated heterocycles. The molecule has 0 aromatic heterocycles. The monoisotopic (exact) mass is 409 g/mol. The Morgan fingerprint density at radius 2 is 1.57 bits per heavy atom. The largest absolute Gasteiger partial charge is 0.369 e. The summed E-state index contributed by atoms with van der Waals surface area (Å²) in [7, 11) is -3.10. The lowest BCUT2D eigenvalue weighted by Crippen LogP contribution is -2.28. The Kier molecular flexibility index (Phi) is 8.04. The summed E-state index contributed by atoms with van der Waals surface area (Å²) in [6.45, 7) is 6.02. The molecule has 28 heavy (non-hydrogen) atoms. The Balaban J connectivity index is 1.98. The van der Waals surface area contributed by atoms with Crippen molar-refractivity contribution in [2.45, 2.75) is 25.0 Å². The molecule has 1 atom stereocenters. The summed E-state index contributed by atoms with van der Waals surface area (Å²) in [5, 5.41) is 8.15. The van der Waals surface area contributed by atoms with Crippen molar-refractivity contribution >= 4 is 27.3 Å². The zero-order valence-corrected chi connectivity index (χ0v) is 16.9. The van der Waals surface area contributed by atoms with E-state index >= 15 is 0 Å². The summed E-state index contributed by atoms with van der Waals surface area (Å²) in [6.07, 6.45) is -0.236. The molecule has 7 nitrogen and oxygen atoms in total. The maximum atomic E-state index is 12.9. The van der Waals surface area contributed by atoms with E-state index < -0.39 is 15.1 Å². The van der Waals surface area contributed by atoms with E-state index in [0.717, 1.165) is 30.9 Å². The topological polar surface area (TPSA) is 80.6 Å². The highest BCUT2D eigenvalue weighted by Gasteiger charge is 2.10. The van der Waals surface area contributed by atoms with Gasteiger partial charge in [-0.15, -0.1) is 3.89 Å². The molecule has 0 bridgehead atoms. The minimum absolute atomic E-state index is 0.236. The smallest absolute Gasteiger partial charge is 0.332 e. The highest BCUT2D eigenvalue weighted by atomic mass is 32.3. The van der Waals surface area contributed by atoms with Crippen LogP contribution in [0.1, 0.15) is 13.8 Å². The third-order valence-corrected chi connectivity index (χ3v) is 4.88. The number of ether oxygens (including phenoxy) is 2. The van der Waals surface area contributed by atoms with E-state index in [2.05, 4.69) is 22.1 Å². The van der Waals surface area contributed by atoms with Gasteiger partial charge in [0.2, 0.25) is 0 Å². The lowest BCUT2D eigenvalue weighted by Gasteiger charge is -2.23. The van der Waals surface area contributed by atoms with Gasteiger partial charge >= 0.3 is 10.2 Å². The molecule has 0 saturated carbocycles. The van der Waals surface area contributed by atoms with Gasteiger partial charge in [-0.1, -0.05) is 0 Å². The molecular weight excluding hydrogens is 385 g/mol. The number of hydrogen-bond acceptors (Lipinski definition) is 7. The van der Waals surface area contributed by atoms with Crippen molar-refractivity contribution in [1.29, 1.82) is 0 Å². The van der Waals surface area contributed by atoms with Gasteiger partial charge in [-0.2, -0.15) is 18.6 Å². The van der Waals surface area contributed by atoms with Crippen LogP contribution in [0.4, 0.5) is 20.9 Å². The number of anilines is 1. The van der Waals surface area contributed by atoms with E-state index in [1.54, 1.807) is 7.11 Å². The number of halogens is 1. The number of likely N-dealkylation sites (N-methyl/N-ethyl adjacent to an activating group) is 1. The summed E-state index contributed by atoms with van der Waals surface area (Å²) in [5.74, 6) is 0. The minimum Gasteiger partial charge on any atom is -0.369 e. The van der Waals surface area contributed by atoms with Crippen LogP contribution in [0.3, 0.4) is 0 Å². The van der Waals surface area contributed by atoms with Gasteiger partial charge in [0, 0.05) is 25.9 Å². The van der Waals surface area contributed by atoms with E-state index in [0.29, 0.717) is 18.0 Å². The van der Waals surface area contributed by atoms with Crippen LogP contribution in [-0.4, -0.2) is 41.5 Å². The summed E-state index contributed by atoms with van der Waals surface area (Å²) in [6, 6.07) is 12.6. The van der Waals surface area contributed by atoms with Crippen molar-refractivity contribution in [3.8, 4) is 0 Å². The summed E-state index contributed by atoms with van der Waals surface area (Å²) < 4.78 is 45.1. The molecule has 9 heteroatoms. The van der Waals surface area contributed by atoms with Crippen LogP contribution in [0.25, 0.3) is 0 Å². The Morgan fingerprint density at radius 3 is 2.04 bits per heavy atom. The number of nitrogens with zero attached hydrogens (tertiary/aromatic N) is 3. The molecule has 0 aliphatic carbocycles. The number of azo groups is 1. The fraction of sp³-hybridized carbons (Fsp3) is 0.368. The van der Waals surface area contributed by atoms with E-state index in [1.165, 1.54) is 12.1 Å². The second-order valence-electron chi connectivity index (χ2n) is 5.90. The van der Waals surface area contributed by atoms with Gasteiger partial charge in [0.25, 0.3) is 0 Å². The quantitative estimate of drug-likeness (QED) is 0.326. The lowest BCUT2D eigenvalue weighted by molar-refractivity contribution is -0.108. The Bertz CT molecular complexity index is 871. The van der Waals surface area contributed by atoms with E-state index in [4.69, 9.17) is 9.47 Å². The van der Waals surface area contributed by atoms with Gasteiger partial charge in [0.15, 0.2) is 6.29 Å². The van der Waals surface area contributed by atoms with Gasteiger partial charge in [-0.25, -0.2) is 0 Å². The standard InChI is InChI=1S/C19H24FN3O4S/c1-4-23(13-14-27-15(2)26-3)18-9-5-16(6-10-18)21-22-17-7-11-19(12-8-17)28(20,24)25/h5-12,15H,4,13-14H2,1-3H3. The molecule has 0 spiro atoms. The van der Waals surface area contributed by atoms with E-state index in [9.17, 15) is 12.3 Å². The van der Waals surface area contributed by atoms with Gasteiger partial charge < -0.3 is 14.4 Å². The normalized spacial score (nSPS) is 13.0. The van der Waals surface area contributed by atoms with Crippen molar-refractivity contribution in [3.05, 3.63) is 48.5 Å². The van der Waals surface area contributed by atoms with Crippen molar-refractivity contribution in [1.82, 2.24) is 0 Å². The highest BCUT2D eigenvalue weighted by molar-refractivity contribution is 7.86. The summed E-state index contributed by atoms with van der Waals surface area (Å²) in [5.41, 5.74) is 2.11. The minimum atomic E-state index is -4.71. The van der Waals surface area contributed by atoms with Crippen molar-refractivity contribution in [3.63, 3.8) is 0 Å². The molecule has 2 aromatic carbocycles. The van der Waals surface area contributed by atoms with Crippen LogP contribution in [0.15, 0.2) is 63.7 Å². The third kappa shape index (κ3) is 6.66. The molecule has 0 amide bonds. The predicted octanol–water partition coefficient (Wildman–Crippen LogP) is 4.60. The first-order valence-corrected chi connectivity index (χ1v) is 10.2. The molecule has 0 N–H and O–H groups in total. The van der Waals surface area contributed by atoms with E-state index in [1.807, 2.05) is 31.2 Å². The van der Waals surface area contributed by atoms with Crippen LogP contribution in [0.2, 0.25) is 0 Å². The molecule has 2 rings (SSSR count). The predicted molar refractivity (Wildman–Crippen MR) is 106 cm³/mol. The Labute approximate surface area is 165 Å². The molecule has 0 fully saturated rings. The van der Waals surface area contributed by atoms with Crippen LogP contribution in [0, 0.1) is 0 Å². The molecule has 2 aromatic rings. The lowest BCUT2D eigenvalue weighted by atomic mass is 10.2. The first kappa shape index (κ1) is 21.9. The summed E-state index contributed by atoms with van der Waals surface area (Å²) >= 11 is 0. The molecule has 0 radical (unpaired) electrons. The van der Waals surface area contributed by atoms with Gasteiger partial charge in [-0.05, 0) is 62.4 Å². The molecule has 0 aliphatic rings. The van der Waals surface area contributed by atoms with Crippen molar-refractivity contribution in [2.75, 3.05) is 31.7 Å². The number of rotatable bonds is 10. The van der Waals surface area contributed by atoms with Crippen LogP contribution >= 0.6 is 0 Å². The number of benzene rings is 2. The number of hydrogen-bond donors (Lipinski definition) is 0. The second kappa shape index (κ2) is 10.3. The highest BCUT2D eigenvalue weighted by Crippen LogP contribution is 2.23. The van der Waals surface area contributed by atoms with Crippen molar-refractivity contribution < 1.29 is 21.8 Å². The van der Waals surface area contributed by atoms with Crippen LogP contribution in [0.5, 0.6) is 0 Å². The maximum Gasteiger partial charge on any atom is 0.332 e. The van der Waals surface area contributed by atoms with E-state index in [-0.39, 0.29) is 6.29 Å². The Morgan fingerprint density at radius 1 is 1.04 bits per heavy atom. The van der Waals surface area contributed by atoms with Crippen LogP contribution < -0.4 is 4.90 Å². The second-order valence-corrected chi connectivity index (χ2v) is 7.25. The first-order chi connectivity index (χ1) is 13.3. The summed E-state index contributed by atoms with van der Waals surface area (Å²) in [4.78, 5) is 1.76. The zero-order valence-electron chi connectivity index (χ0n) is 16.1. The molecule has 0 aliphatic heterocycles. The average molecular weight is 409 g/mol. The molecule has 1 unspecified atom stereocenters. The fourth-order valence-electron chi connectivity index (χ4n) is 2.39. The Hall–Kier alpha value is -2.36. The van der Waals surface area contributed by atoms with Gasteiger partial charge in [0.05, 0.1) is 22.9 Å². The molecular formula is C19H24FN3O4S. The van der Waals surface area contributed by atoms with Crippen LogP contribution in [-0.2, 0) is 19.7 Å². The maximum absolute atomic E-state index is 12.9. The average Bonchev–Trinajstić information content (AvgIpc) is 2.69. The third-order valence-electron chi connectivity index (χ3n) is 4.04. The van der Waals surface area contributed by atoms with Gasteiger partial charge in [0.1, 0.15) is 0 Å². The van der Waals surface area contributed by atoms with Gasteiger partial charge in [-0.3, -0.25) is 0 Å².